The maximum absolute atomic E-state index is 12.8. The molecule has 5 heteroatoms. The van der Waals surface area contributed by atoms with Crippen LogP contribution in [0.15, 0.2) is 22.7 Å². The number of halogens is 4. The summed E-state index contributed by atoms with van der Waals surface area (Å²) in [6.45, 7) is 5.08. The first kappa shape index (κ1) is 14.5. The summed E-state index contributed by atoms with van der Waals surface area (Å²) in [7, 11) is 0. The Morgan fingerprint density at radius 3 is 2.12 bits per heavy atom. The minimum atomic E-state index is -4.47. The lowest BCUT2D eigenvalue weighted by Crippen LogP contribution is -2.21. The van der Waals surface area contributed by atoms with E-state index in [1.54, 1.807) is 20.8 Å². The Balaban J connectivity index is 3.34. The van der Waals surface area contributed by atoms with Gasteiger partial charge in [0.15, 0.2) is 0 Å². The highest BCUT2D eigenvalue weighted by atomic mass is 79.9. The number of benzene rings is 1. The van der Waals surface area contributed by atoms with Crippen LogP contribution >= 0.6 is 15.9 Å². The molecule has 1 aromatic rings. The number of rotatable bonds is 1. The van der Waals surface area contributed by atoms with E-state index >= 15 is 0 Å². The van der Waals surface area contributed by atoms with E-state index in [1.165, 1.54) is 12.1 Å². The third-order valence-corrected chi connectivity index (χ3v) is 2.93. The second-order valence-corrected chi connectivity index (χ2v) is 5.91. The van der Waals surface area contributed by atoms with Gasteiger partial charge in [-0.25, -0.2) is 0 Å². The van der Waals surface area contributed by atoms with Gasteiger partial charge >= 0.3 is 6.18 Å². The second-order valence-electron chi connectivity index (χ2n) is 5.00. The molecule has 0 fully saturated rings. The van der Waals surface area contributed by atoms with Crippen molar-refractivity contribution < 1.29 is 18.3 Å². The molecule has 0 aliphatic heterocycles. The van der Waals surface area contributed by atoms with Gasteiger partial charge in [0.05, 0.1) is 11.7 Å². The Labute approximate surface area is 107 Å². The molecule has 0 aliphatic carbocycles. The maximum Gasteiger partial charge on any atom is 0.416 e. The highest BCUT2D eigenvalue weighted by Gasteiger charge is 2.37. The van der Waals surface area contributed by atoms with E-state index < -0.39 is 23.3 Å². The normalized spacial score (nSPS) is 14.8. The summed E-state index contributed by atoms with van der Waals surface area (Å²) in [6, 6.07) is 3.80. The molecule has 1 N–H and O–H groups in total. The third-order valence-electron chi connectivity index (χ3n) is 2.44. The van der Waals surface area contributed by atoms with Gasteiger partial charge in [-0.1, -0.05) is 42.8 Å². The Kier molecular flexibility index (Phi) is 3.94. The lowest BCUT2D eigenvalue weighted by molar-refractivity contribution is -0.139. The van der Waals surface area contributed by atoms with Crippen molar-refractivity contribution in [3.05, 3.63) is 33.8 Å². The molecule has 0 spiro atoms. The van der Waals surface area contributed by atoms with Gasteiger partial charge in [-0.2, -0.15) is 13.2 Å². The zero-order valence-corrected chi connectivity index (χ0v) is 11.4. The number of alkyl halides is 3. The summed E-state index contributed by atoms with van der Waals surface area (Å²) >= 11 is 3.01. The van der Waals surface area contributed by atoms with Crippen molar-refractivity contribution in [3.8, 4) is 0 Å². The van der Waals surface area contributed by atoms with Gasteiger partial charge in [-0.15, -0.1) is 0 Å². The van der Waals surface area contributed by atoms with Crippen LogP contribution in [-0.4, -0.2) is 5.11 Å². The number of hydrogen-bond donors (Lipinski definition) is 1. The van der Waals surface area contributed by atoms with Crippen LogP contribution in [-0.2, 0) is 6.18 Å². The highest BCUT2D eigenvalue weighted by molar-refractivity contribution is 9.10. The largest absolute Gasteiger partial charge is 0.416 e. The number of hydrogen-bond acceptors (Lipinski definition) is 1. The first-order valence-corrected chi connectivity index (χ1v) is 5.87. The summed E-state index contributed by atoms with van der Waals surface area (Å²) in [5, 5.41) is 9.98. The van der Waals surface area contributed by atoms with Crippen molar-refractivity contribution in [3.63, 3.8) is 0 Å². The number of aliphatic hydroxyl groups excluding tert-OH is 1. The molecule has 96 valence electrons. The van der Waals surface area contributed by atoms with Gasteiger partial charge in [-0.05, 0) is 23.1 Å². The van der Waals surface area contributed by atoms with E-state index in [0.717, 1.165) is 6.07 Å². The zero-order chi connectivity index (χ0) is 13.4. The van der Waals surface area contributed by atoms with E-state index in [-0.39, 0.29) is 5.56 Å². The van der Waals surface area contributed by atoms with Gasteiger partial charge in [0.2, 0.25) is 0 Å². The summed E-state index contributed by atoms with van der Waals surface area (Å²) in [6.07, 6.45) is -5.63. The Hall–Kier alpha value is -0.550. The number of aliphatic hydroxyl groups is 1. The topological polar surface area (TPSA) is 20.2 Å². The van der Waals surface area contributed by atoms with Crippen LogP contribution in [0.5, 0.6) is 0 Å². The molecule has 0 saturated carbocycles. The molecule has 1 rings (SSSR count). The van der Waals surface area contributed by atoms with Gasteiger partial charge in [0, 0.05) is 4.47 Å². The van der Waals surface area contributed by atoms with E-state index in [0.29, 0.717) is 4.47 Å². The molecule has 0 saturated heterocycles. The first-order valence-electron chi connectivity index (χ1n) is 5.08. The monoisotopic (exact) mass is 310 g/mol. The zero-order valence-electron chi connectivity index (χ0n) is 9.77. The third kappa shape index (κ3) is 3.45. The van der Waals surface area contributed by atoms with Crippen LogP contribution in [0.2, 0.25) is 0 Å². The van der Waals surface area contributed by atoms with Crippen LogP contribution < -0.4 is 0 Å². The minimum absolute atomic E-state index is 0.0896. The van der Waals surface area contributed by atoms with Crippen molar-refractivity contribution >= 4 is 15.9 Å². The van der Waals surface area contributed by atoms with Crippen molar-refractivity contribution in [2.24, 2.45) is 5.41 Å². The summed E-state index contributed by atoms with van der Waals surface area (Å²) < 4.78 is 38.9. The fraction of sp³-hybridized carbons (Fsp3) is 0.500. The van der Waals surface area contributed by atoms with Crippen LogP contribution in [0.1, 0.15) is 38.0 Å². The van der Waals surface area contributed by atoms with Gasteiger partial charge in [-0.3, -0.25) is 0 Å². The standard InChI is InChI=1S/C12H14BrF3O/c1-11(2,3)10(17)8-5-4-7(13)6-9(8)12(14,15)16/h4-6,10,17H,1-3H3. The fourth-order valence-corrected chi connectivity index (χ4v) is 1.84. The molecule has 0 aromatic heterocycles. The average molecular weight is 311 g/mol. The van der Waals surface area contributed by atoms with Crippen molar-refractivity contribution in [2.45, 2.75) is 33.1 Å². The van der Waals surface area contributed by atoms with Gasteiger partial charge in [0.25, 0.3) is 0 Å². The van der Waals surface area contributed by atoms with Crippen LogP contribution in [0, 0.1) is 5.41 Å². The predicted octanol–water partition coefficient (Wildman–Crippen LogP) is 4.55. The van der Waals surface area contributed by atoms with E-state index in [4.69, 9.17) is 0 Å². The molecule has 1 atom stereocenters. The van der Waals surface area contributed by atoms with Crippen LogP contribution in [0.25, 0.3) is 0 Å². The van der Waals surface area contributed by atoms with E-state index in [9.17, 15) is 18.3 Å². The summed E-state index contributed by atoms with van der Waals surface area (Å²) in [5.74, 6) is 0. The molecule has 1 unspecified atom stereocenters. The lowest BCUT2D eigenvalue weighted by Gasteiger charge is -2.28. The highest BCUT2D eigenvalue weighted by Crippen LogP contribution is 2.41. The van der Waals surface area contributed by atoms with Crippen molar-refractivity contribution in [1.82, 2.24) is 0 Å². The molecule has 0 bridgehead atoms. The average Bonchev–Trinajstić information content (AvgIpc) is 2.14. The fourth-order valence-electron chi connectivity index (χ4n) is 1.48. The molecule has 0 aliphatic rings. The molecular formula is C12H14BrF3O. The Bertz CT molecular complexity index is 407. The van der Waals surface area contributed by atoms with Crippen LogP contribution in [0.4, 0.5) is 13.2 Å². The van der Waals surface area contributed by atoms with Crippen molar-refractivity contribution in [1.29, 1.82) is 0 Å². The van der Waals surface area contributed by atoms with Crippen LogP contribution in [0.3, 0.4) is 0 Å². The molecule has 1 nitrogen and oxygen atoms in total. The Morgan fingerprint density at radius 1 is 1.18 bits per heavy atom. The second kappa shape index (κ2) is 4.61. The first-order chi connectivity index (χ1) is 7.53. The van der Waals surface area contributed by atoms with Gasteiger partial charge < -0.3 is 5.11 Å². The molecule has 0 radical (unpaired) electrons. The van der Waals surface area contributed by atoms with E-state index in [1.807, 2.05) is 0 Å². The molecule has 17 heavy (non-hydrogen) atoms. The predicted molar refractivity (Wildman–Crippen MR) is 63.6 cm³/mol. The molecule has 1 aromatic carbocycles. The minimum Gasteiger partial charge on any atom is -0.388 e. The smallest absolute Gasteiger partial charge is 0.388 e. The van der Waals surface area contributed by atoms with Crippen molar-refractivity contribution in [2.75, 3.05) is 0 Å². The molecular weight excluding hydrogens is 297 g/mol. The quantitative estimate of drug-likeness (QED) is 0.807. The summed E-state index contributed by atoms with van der Waals surface area (Å²) in [4.78, 5) is 0. The van der Waals surface area contributed by atoms with Gasteiger partial charge in [0.1, 0.15) is 0 Å². The lowest BCUT2D eigenvalue weighted by atomic mass is 9.83. The molecule has 0 amide bonds. The Morgan fingerprint density at radius 2 is 1.71 bits per heavy atom. The molecule has 0 heterocycles. The maximum atomic E-state index is 12.8. The summed E-state index contributed by atoms with van der Waals surface area (Å²) in [5.41, 5.74) is -1.53. The SMILES string of the molecule is CC(C)(C)C(O)c1ccc(Br)cc1C(F)(F)F. The van der Waals surface area contributed by atoms with E-state index in [2.05, 4.69) is 15.9 Å².